The number of hydrogen-bond acceptors (Lipinski definition) is 6. The summed E-state index contributed by atoms with van der Waals surface area (Å²) in [6, 6.07) is 13.3. The molecule has 0 fully saturated rings. The predicted molar refractivity (Wildman–Crippen MR) is 131 cm³/mol. The second-order valence-corrected chi connectivity index (χ2v) is 11.2. The molecule has 2 aromatic heterocycles. The number of hydrogen-bond donors (Lipinski definition) is 0. The van der Waals surface area contributed by atoms with Gasteiger partial charge in [0, 0.05) is 37.1 Å². The number of aryl methyl sites for hydroxylation is 1. The number of fused-ring (bicyclic) bond motifs is 1. The van der Waals surface area contributed by atoms with Gasteiger partial charge in [0.1, 0.15) is 0 Å². The van der Waals surface area contributed by atoms with Gasteiger partial charge >= 0.3 is 0 Å². The molecule has 0 saturated heterocycles. The van der Waals surface area contributed by atoms with Crippen LogP contribution in [0.15, 0.2) is 65.8 Å². The largest absolute Gasteiger partial charge is 0.279 e. The van der Waals surface area contributed by atoms with Crippen LogP contribution in [0.1, 0.15) is 21.5 Å². The maximum Gasteiger partial charge on any atom is 0.260 e. The number of nitrogens with zero attached hydrogens (tertiary/aromatic N) is 4. The predicted octanol–water partition coefficient (Wildman–Crippen LogP) is 4.75. The summed E-state index contributed by atoms with van der Waals surface area (Å²) in [5, 5.41) is 1.14. The van der Waals surface area contributed by atoms with Crippen molar-refractivity contribution in [3.63, 3.8) is 0 Å². The minimum Gasteiger partial charge on any atom is -0.279 e. The van der Waals surface area contributed by atoms with Crippen molar-refractivity contribution in [2.24, 2.45) is 0 Å². The molecule has 0 aliphatic rings. The van der Waals surface area contributed by atoms with Gasteiger partial charge in [-0.2, -0.15) is 0 Å². The van der Waals surface area contributed by atoms with Crippen LogP contribution in [-0.4, -0.2) is 42.7 Å². The molecular weight excluding hydrogens is 480 g/mol. The molecule has 0 aliphatic heterocycles. The van der Waals surface area contributed by atoms with Crippen molar-refractivity contribution < 1.29 is 13.2 Å². The molecule has 0 N–H and O–H groups in total. The number of amides is 1. The lowest BCUT2D eigenvalue weighted by atomic mass is 10.2. The van der Waals surface area contributed by atoms with E-state index in [-0.39, 0.29) is 17.3 Å². The third kappa shape index (κ3) is 4.77. The van der Waals surface area contributed by atoms with Gasteiger partial charge in [-0.05, 0) is 66.6 Å². The van der Waals surface area contributed by atoms with E-state index < -0.39 is 10.0 Å². The Balaban J connectivity index is 1.75. The second kappa shape index (κ2) is 9.18. The van der Waals surface area contributed by atoms with Crippen molar-refractivity contribution in [2.45, 2.75) is 18.4 Å². The Kier molecular flexibility index (Phi) is 6.49. The van der Waals surface area contributed by atoms with Crippen molar-refractivity contribution in [1.82, 2.24) is 14.3 Å². The lowest BCUT2D eigenvalue weighted by Crippen LogP contribution is -2.30. The Labute approximate surface area is 201 Å². The number of sulfonamides is 1. The molecule has 2 heterocycles. The quantitative estimate of drug-likeness (QED) is 0.381. The fraction of sp³-hybridized carbons (Fsp3) is 0.174. The molecule has 0 aliphatic carbocycles. The highest BCUT2D eigenvalue weighted by Crippen LogP contribution is 2.34. The molecule has 33 heavy (non-hydrogen) atoms. The highest BCUT2D eigenvalue weighted by Gasteiger charge is 2.24. The molecule has 0 radical (unpaired) electrons. The lowest BCUT2D eigenvalue weighted by Gasteiger charge is -2.20. The van der Waals surface area contributed by atoms with Crippen molar-refractivity contribution in [3.8, 4) is 0 Å². The van der Waals surface area contributed by atoms with Crippen LogP contribution in [0.5, 0.6) is 0 Å². The van der Waals surface area contributed by atoms with Gasteiger partial charge in [-0.3, -0.25) is 14.7 Å². The van der Waals surface area contributed by atoms with Gasteiger partial charge in [0.05, 0.1) is 21.7 Å². The van der Waals surface area contributed by atoms with Gasteiger partial charge in [0.15, 0.2) is 5.13 Å². The first-order chi connectivity index (χ1) is 15.7. The Morgan fingerprint density at radius 1 is 1.06 bits per heavy atom. The lowest BCUT2D eigenvalue weighted by molar-refractivity contribution is 0.0985. The highest BCUT2D eigenvalue weighted by molar-refractivity contribution is 7.89. The summed E-state index contributed by atoms with van der Waals surface area (Å²) in [6.45, 7) is 2.21. The first kappa shape index (κ1) is 23.3. The Bertz CT molecular complexity index is 1420. The molecule has 0 spiro atoms. The van der Waals surface area contributed by atoms with Crippen molar-refractivity contribution in [2.75, 3.05) is 19.0 Å². The van der Waals surface area contributed by atoms with Crippen LogP contribution in [0.4, 0.5) is 5.13 Å². The zero-order chi connectivity index (χ0) is 23.8. The van der Waals surface area contributed by atoms with Gasteiger partial charge in [0.25, 0.3) is 5.91 Å². The zero-order valence-electron chi connectivity index (χ0n) is 18.2. The minimum atomic E-state index is -3.59. The van der Waals surface area contributed by atoms with Crippen LogP contribution in [0, 0.1) is 6.92 Å². The van der Waals surface area contributed by atoms with E-state index in [0.717, 1.165) is 25.6 Å². The molecule has 0 atom stereocenters. The van der Waals surface area contributed by atoms with E-state index in [4.69, 9.17) is 16.6 Å². The number of pyridine rings is 1. The molecular formula is C23H21ClN4O3S2. The van der Waals surface area contributed by atoms with E-state index in [1.165, 1.54) is 49.7 Å². The van der Waals surface area contributed by atoms with Crippen LogP contribution >= 0.6 is 22.9 Å². The van der Waals surface area contributed by atoms with Crippen molar-refractivity contribution in [1.29, 1.82) is 0 Å². The molecule has 7 nitrogen and oxygen atoms in total. The van der Waals surface area contributed by atoms with Crippen LogP contribution < -0.4 is 4.90 Å². The molecule has 1 amide bonds. The van der Waals surface area contributed by atoms with Gasteiger partial charge < -0.3 is 0 Å². The molecule has 0 bridgehead atoms. The normalized spacial score (nSPS) is 11.8. The Morgan fingerprint density at radius 2 is 1.73 bits per heavy atom. The summed E-state index contributed by atoms with van der Waals surface area (Å²) in [5.41, 5.74) is 2.96. The van der Waals surface area contributed by atoms with Gasteiger partial charge in [-0.1, -0.05) is 22.9 Å². The van der Waals surface area contributed by atoms with Crippen molar-refractivity contribution >= 4 is 54.2 Å². The Hall–Kier alpha value is -2.85. The maximum atomic E-state index is 13.6. The highest BCUT2D eigenvalue weighted by atomic mass is 35.5. The summed E-state index contributed by atoms with van der Waals surface area (Å²) < 4.78 is 26.8. The van der Waals surface area contributed by atoms with Gasteiger partial charge in [-0.15, -0.1) is 0 Å². The number of rotatable bonds is 6. The van der Waals surface area contributed by atoms with Crippen LogP contribution in [0.25, 0.3) is 10.2 Å². The smallest absolute Gasteiger partial charge is 0.260 e. The van der Waals surface area contributed by atoms with E-state index >= 15 is 0 Å². The van der Waals surface area contributed by atoms with E-state index in [1.54, 1.807) is 17.3 Å². The number of halogens is 1. The first-order valence-electron chi connectivity index (χ1n) is 9.97. The summed E-state index contributed by atoms with van der Waals surface area (Å²) in [4.78, 5) is 24.0. The number of anilines is 1. The molecule has 10 heteroatoms. The van der Waals surface area contributed by atoms with E-state index in [9.17, 15) is 13.2 Å². The monoisotopic (exact) mass is 500 g/mol. The van der Waals surface area contributed by atoms with Crippen LogP contribution in [-0.2, 0) is 16.6 Å². The number of carbonyl (C=O) groups is 1. The zero-order valence-corrected chi connectivity index (χ0v) is 20.6. The van der Waals surface area contributed by atoms with E-state index in [2.05, 4.69) is 4.98 Å². The third-order valence-corrected chi connectivity index (χ3v) is 8.16. The molecule has 0 saturated carbocycles. The number of aromatic nitrogens is 2. The average molecular weight is 501 g/mol. The summed E-state index contributed by atoms with van der Waals surface area (Å²) in [7, 11) is -0.659. The number of thiazole rings is 1. The fourth-order valence-corrected chi connectivity index (χ4v) is 5.61. The minimum absolute atomic E-state index is 0.120. The van der Waals surface area contributed by atoms with E-state index in [0.29, 0.717) is 15.7 Å². The van der Waals surface area contributed by atoms with E-state index in [1.807, 2.05) is 31.2 Å². The molecule has 170 valence electrons. The second-order valence-electron chi connectivity index (χ2n) is 7.62. The standard InChI is InChI=1S/C23H21ClN4O3S2/c1-15-12-18(24)13-20-21(15)26-23(32-20)28(14-16-8-10-25-11-9-16)22(29)17-4-6-19(7-5-17)33(30,31)27(2)3/h4-13H,14H2,1-3H3. The summed E-state index contributed by atoms with van der Waals surface area (Å²) in [6.07, 6.45) is 3.34. The molecule has 4 rings (SSSR count). The summed E-state index contributed by atoms with van der Waals surface area (Å²) in [5.74, 6) is -0.289. The molecule has 0 unspecified atom stereocenters. The van der Waals surface area contributed by atoms with Gasteiger partial charge in [-0.25, -0.2) is 17.7 Å². The van der Waals surface area contributed by atoms with Crippen molar-refractivity contribution in [3.05, 3.63) is 82.6 Å². The van der Waals surface area contributed by atoms with Crippen LogP contribution in [0.2, 0.25) is 5.02 Å². The third-order valence-electron chi connectivity index (χ3n) is 5.08. The molecule has 2 aromatic carbocycles. The fourth-order valence-electron chi connectivity index (χ4n) is 3.29. The number of carbonyl (C=O) groups excluding carboxylic acids is 1. The topological polar surface area (TPSA) is 83.5 Å². The summed E-state index contributed by atoms with van der Waals surface area (Å²) >= 11 is 7.59. The average Bonchev–Trinajstić information content (AvgIpc) is 3.22. The Morgan fingerprint density at radius 3 is 2.36 bits per heavy atom. The maximum absolute atomic E-state index is 13.6. The first-order valence-corrected chi connectivity index (χ1v) is 12.6. The number of benzene rings is 2. The van der Waals surface area contributed by atoms with Crippen LogP contribution in [0.3, 0.4) is 0 Å². The van der Waals surface area contributed by atoms with Gasteiger partial charge in [0.2, 0.25) is 10.0 Å². The molecule has 4 aromatic rings. The SMILES string of the molecule is Cc1cc(Cl)cc2sc(N(Cc3ccncc3)C(=O)c3ccc(S(=O)(=O)N(C)C)cc3)nc12.